The van der Waals surface area contributed by atoms with Crippen molar-refractivity contribution in [1.82, 2.24) is 20.2 Å². The summed E-state index contributed by atoms with van der Waals surface area (Å²) in [6.07, 6.45) is 3.74. The van der Waals surface area contributed by atoms with Crippen LogP contribution in [0.2, 0.25) is 0 Å². The Balaban J connectivity index is 2.06. The number of rotatable bonds is 4. The van der Waals surface area contributed by atoms with Crippen LogP contribution in [0.15, 0.2) is 6.20 Å². The number of hydrogen-bond donors (Lipinski definition) is 2. The molecule has 20 heavy (non-hydrogen) atoms. The summed E-state index contributed by atoms with van der Waals surface area (Å²) in [6.45, 7) is 6.38. The number of H-pyrrole nitrogens is 1. The van der Waals surface area contributed by atoms with Crippen molar-refractivity contribution in [3.05, 3.63) is 17.7 Å². The number of aromatic nitrogens is 2. The number of nitrogens with zero attached hydrogens (tertiary/aromatic N) is 2. The molecule has 1 saturated heterocycles. The fraction of sp³-hybridized carbons (Fsp3) is 0.643. The van der Waals surface area contributed by atoms with Gasteiger partial charge in [0.15, 0.2) is 0 Å². The number of aromatic amines is 1. The lowest BCUT2D eigenvalue weighted by atomic mass is 10.1. The maximum absolute atomic E-state index is 12.2. The molecule has 0 saturated carbocycles. The largest absolute Gasteiger partial charge is 0.347 e. The molecular weight excluding hydrogens is 256 g/mol. The van der Waals surface area contributed by atoms with Crippen molar-refractivity contribution >= 4 is 11.8 Å². The van der Waals surface area contributed by atoms with Crippen molar-refractivity contribution in [2.45, 2.75) is 45.6 Å². The number of imidazole rings is 1. The van der Waals surface area contributed by atoms with Crippen LogP contribution in [0.1, 0.15) is 57.1 Å². The Morgan fingerprint density at radius 2 is 2.30 bits per heavy atom. The van der Waals surface area contributed by atoms with Crippen LogP contribution in [0.4, 0.5) is 0 Å². The number of nitrogens with one attached hydrogen (secondary N) is 2. The van der Waals surface area contributed by atoms with Gasteiger partial charge in [-0.25, -0.2) is 4.98 Å². The van der Waals surface area contributed by atoms with Crippen molar-refractivity contribution in [2.75, 3.05) is 13.1 Å². The van der Waals surface area contributed by atoms with Gasteiger partial charge in [0.05, 0.1) is 24.5 Å². The van der Waals surface area contributed by atoms with E-state index in [2.05, 4.69) is 29.1 Å². The molecule has 0 radical (unpaired) electrons. The van der Waals surface area contributed by atoms with Crippen LogP contribution in [-0.2, 0) is 9.59 Å². The van der Waals surface area contributed by atoms with Crippen molar-refractivity contribution in [3.63, 3.8) is 0 Å². The van der Waals surface area contributed by atoms with Gasteiger partial charge in [0.1, 0.15) is 5.82 Å². The monoisotopic (exact) mass is 278 g/mol. The summed E-state index contributed by atoms with van der Waals surface area (Å²) in [6, 6.07) is 0.0521. The number of carbonyl (C=O) groups excluding carboxylic acids is 2. The zero-order valence-electron chi connectivity index (χ0n) is 12.3. The number of hydrogen-bond acceptors (Lipinski definition) is 3. The average Bonchev–Trinajstić information content (AvgIpc) is 3.03. The van der Waals surface area contributed by atoms with Crippen molar-refractivity contribution in [2.24, 2.45) is 0 Å². The summed E-state index contributed by atoms with van der Waals surface area (Å²) in [7, 11) is 0. The van der Waals surface area contributed by atoms with Crippen LogP contribution >= 0.6 is 0 Å². The Labute approximate surface area is 119 Å². The van der Waals surface area contributed by atoms with Crippen molar-refractivity contribution in [1.29, 1.82) is 0 Å². The molecule has 2 N–H and O–H groups in total. The molecule has 6 nitrogen and oxygen atoms in total. The van der Waals surface area contributed by atoms with E-state index in [-0.39, 0.29) is 24.4 Å². The molecule has 1 aromatic heterocycles. The minimum Gasteiger partial charge on any atom is -0.347 e. The Morgan fingerprint density at radius 3 is 2.90 bits per heavy atom. The van der Waals surface area contributed by atoms with Crippen LogP contribution in [0.25, 0.3) is 0 Å². The van der Waals surface area contributed by atoms with Gasteiger partial charge < -0.3 is 15.2 Å². The summed E-state index contributed by atoms with van der Waals surface area (Å²) in [5.41, 5.74) is 0.988. The molecule has 0 spiro atoms. The molecule has 1 unspecified atom stereocenters. The summed E-state index contributed by atoms with van der Waals surface area (Å²) < 4.78 is 0. The summed E-state index contributed by atoms with van der Waals surface area (Å²) in [4.78, 5) is 32.5. The van der Waals surface area contributed by atoms with E-state index in [1.165, 1.54) is 6.92 Å². The zero-order valence-corrected chi connectivity index (χ0v) is 12.3. The third-order valence-corrected chi connectivity index (χ3v) is 3.58. The second kappa shape index (κ2) is 6.07. The number of amides is 2. The first-order valence-corrected chi connectivity index (χ1v) is 7.07. The normalized spacial score (nSPS) is 18.6. The van der Waals surface area contributed by atoms with Crippen LogP contribution in [-0.4, -0.2) is 39.8 Å². The molecule has 1 aliphatic rings. The van der Waals surface area contributed by atoms with Gasteiger partial charge in [0, 0.05) is 19.4 Å². The first kappa shape index (κ1) is 14.6. The molecule has 110 valence electrons. The predicted octanol–water partition coefficient (Wildman–Crippen LogP) is 1.33. The van der Waals surface area contributed by atoms with Crippen molar-refractivity contribution < 1.29 is 9.59 Å². The molecule has 2 rings (SSSR count). The van der Waals surface area contributed by atoms with Gasteiger partial charge >= 0.3 is 0 Å². The van der Waals surface area contributed by atoms with E-state index in [0.29, 0.717) is 5.92 Å². The topological polar surface area (TPSA) is 78.1 Å². The maximum atomic E-state index is 12.2. The first-order valence-electron chi connectivity index (χ1n) is 7.07. The number of likely N-dealkylation sites (tertiary alicyclic amines) is 1. The molecule has 1 aliphatic heterocycles. The number of carbonyl (C=O) groups is 2. The summed E-state index contributed by atoms with van der Waals surface area (Å²) in [5.74, 6) is 1.07. The fourth-order valence-corrected chi connectivity index (χ4v) is 2.50. The maximum Gasteiger partial charge on any atom is 0.242 e. The highest BCUT2D eigenvalue weighted by molar-refractivity contribution is 5.84. The van der Waals surface area contributed by atoms with E-state index < -0.39 is 0 Å². The SMILES string of the molecule is CC(=O)NCC(=O)N1CCCC1c1cnc(C(C)C)[nH]1. The van der Waals surface area contributed by atoms with Crippen LogP contribution in [0, 0.1) is 0 Å². The second-order valence-electron chi connectivity index (χ2n) is 5.53. The quantitative estimate of drug-likeness (QED) is 0.872. The Kier molecular flexibility index (Phi) is 4.42. The fourth-order valence-electron chi connectivity index (χ4n) is 2.50. The lowest BCUT2D eigenvalue weighted by molar-refractivity contribution is -0.133. The van der Waals surface area contributed by atoms with E-state index in [0.717, 1.165) is 30.9 Å². The summed E-state index contributed by atoms with van der Waals surface area (Å²) >= 11 is 0. The molecule has 0 bridgehead atoms. The van der Waals surface area contributed by atoms with Gasteiger partial charge in [0.25, 0.3) is 0 Å². The summed E-state index contributed by atoms with van der Waals surface area (Å²) in [5, 5.41) is 2.56. The lowest BCUT2D eigenvalue weighted by Gasteiger charge is -2.23. The minimum absolute atomic E-state index is 0.0385. The van der Waals surface area contributed by atoms with Gasteiger partial charge in [-0.15, -0.1) is 0 Å². The molecule has 2 heterocycles. The third kappa shape index (κ3) is 3.18. The average molecular weight is 278 g/mol. The lowest BCUT2D eigenvalue weighted by Crippen LogP contribution is -2.39. The highest BCUT2D eigenvalue weighted by Gasteiger charge is 2.31. The van der Waals surface area contributed by atoms with Gasteiger partial charge in [-0.2, -0.15) is 0 Å². The Morgan fingerprint density at radius 1 is 1.55 bits per heavy atom. The molecule has 0 aromatic carbocycles. The van der Waals surface area contributed by atoms with Gasteiger partial charge in [-0.3, -0.25) is 9.59 Å². The van der Waals surface area contributed by atoms with Crippen LogP contribution in [0.5, 0.6) is 0 Å². The van der Waals surface area contributed by atoms with E-state index in [1.807, 2.05) is 11.1 Å². The van der Waals surface area contributed by atoms with Crippen LogP contribution < -0.4 is 5.32 Å². The van der Waals surface area contributed by atoms with E-state index >= 15 is 0 Å². The molecule has 2 amide bonds. The van der Waals surface area contributed by atoms with Crippen LogP contribution in [0.3, 0.4) is 0 Å². The van der Waals surface area contributed by atoms with E-state index in [4.69, 9.17) is 0 Å². The second-order valence-corrected chi connectivity index (χ2v) is 5.53. The Hall–Kier alpha value is -1.85. The van der Waals surface area contributed by atoms with Gasteiger partial charge in [-0.05, 0) is 12.8 Å². The molecule has 1 fully saturated rings. The Bertz CT molecular complexity index is 495. The molecule has 1 atom stereocenters. The molecular formula is C14H22N4O2. The minimum atomic E-state index is -0.183. The zero-order chi connectivity index (χ0) is 14.7. The predicted molar refractivity (Wildman–Crippen MR) is 75.0 cm³/mol. The third-order valence-electron chi connectivity index (χ3n) is 3.58. The molecule has 6 heteroatoms. The van der Waals surface area contributed by atoms with E-state index in [9.17, 15) is 9.59 Å². The van der Waals surface area contributed by atoms with Gasteiger partial charge in [-0.1, -0.05) is 13.8 Å². The first-order chi connectivity index (χ1) is 9.49. The van der Waals surface area contributed by atoms with E-state index in [1.54, 1.807) is 0 Å². The molecule has 0 aliphatic carbocycles. The highest BCUT2D eigenvalue weighted by Crippen LogP contribution is 2.31. The highest BCUT2D eigenvalue weighted by atomic mass is 16.2. The smallest absolute Gasteiger partial charge is 0.242 e. The van der Waals surface area contributed by atoms with Gasteiger partial charge in [0.2, 0.25) is 11.8 Å². The standard InChI is InChI=1S/C14H22N4O2/c1-9(2)14-16-7-11(17-14)12-5-4-6-18(12)13(20)8-15-10(3)19/h7,9,12H,4-6,8H2,1-3H3,(H,15,19)(H,16,17). The van der Waals surface area contributed by atoms with Crippen molar-refractivity contribution in [3.8, 4) is 0 Å². The molecule has 1 aromatic rings.